The molecule has 8 heteroatoms. The molecule has 0 amide bonds. The lowest BCUT2D eigenvalue weighted by molar-refractivity contribution is -0.384. The van der Waals surface area contributed by atoms with Crippen LogP contribution in [0.5, 0.6) is 0 Å². The van der Waals surface area contributed by atoms with E-state index in [2.05, 4.69) is 9.97 Å². The summed E-state index contributed by atoms with van der Waals surface area (Å²) in [6.45, 7) is 0. The molecule has 0 aliphatic rings. The van der Waals surface area contributed by atoms with Gasteiger partial charge in [0.15, 0.2) is 0 Å². The van der Waals surface area contributed by atoms with Crippen molar-refractivity contribution in [1.29, 1.82) is 0 Å². The minimum Gasteiger partial charge on any atom is -0.378 e. The van der Waals surface area contributed by atoms with Gasteiger partial charge in [-0.15, -0.1) is 0 Å². The minimum atomic E-state index is -0.647. The predicted octanol–water partition coefficient (Wildman–Crippen LogP) is -0.0354. The van der Waals surface area contributed by atoms with E-state index in [1.54, 1.807) is 7.05 Å². The molecule has 0 atom stereocenters. The van der Waals surface area contributed by atoms with Crippen molar-refractivity contribution in [3.63, 3.8) is 0 Å². The van der Waals surface area contributed by atoms with Crippen LogP contribution in [-0.4, -0.2) is 29.0 Å². The van der Waals surface area contributed by atoms with Crippen molar-refractivity contribution in [2.24, 2.45) is 0 Å². The Balaban J connectivity index is 3.06. The Bertz CT molecular complexity index is 355. The van der Waals surface area contributed by atoms with Crippen molar-refractivity contribution < 1.29 is 9.76 Å². The summed E-state index contributed by atoms with van der Waals surface area (Å²) in [5.41, 5.74) is 5.02. The van der Waals surface area contributed by atoms with Gasteiger partial charge in [-0.05, 0) is 0 Å². The second kappa shape index (κ2) is 3.83. The highest BCUT2D eigenvalue weighted by Gasteiger charge is 2.15. The van der Waals surface area contributed by atoms with Gasteiger partial charge in [0.25, 0.3) is 5.95 Å². The quantitative estimate of drug-likeness (QED) is 0.537. The molecule has 0 aromatic carbocycles. The van der Waals surface area contributed by atoms with Crippen molar-refractivity contribution in [3.8, 4) is 0 Å². The maximum absolute atomic E-state index is 10.4. The van der Waals surface area contributed by atoms with Gasteiger partial charge in [-0.1, -0.05) is 0 Å². The number of nitro groups is 1. The molecule has 1 aromatic rings. The first-order valence-corrected chi connectivity index (χ1v) is 3.61. The molecule has 76 valence electrons. The van der Waals surface area contributed by atoms with Crippen LogP contribution in [0.2, 0.25) is 0 Å². The number of anilines is 2. The monoisotopic (exact) mass is 199 g/mol. The van der Waals surface area contributed by atoms with E-state index in [0.29, 0.717) is 0 Å². The molecule has 0 bridgehead atoms. The summed E-state index contributed by atoms with van der Waals surface area (Å²) in [5, 5.41) is 11.6. The first-order chi connectivity index (χ1) is 6.56. The zero-order chi connectivity index (χ0) is 10.7. The van der Waals surface area contributed by atoms with E-state index in [1.807, 2.05) is 0 Å². The minimum absolute atomic E-state index is 0.163. The van der Waals surface area contributed by atoms with Gasteiger partial charge in [0.2, 0.25) is 5.82 Å². The Hall–Kier alpha value is -1.96. The van der Waals surface area contributed by atoms with Gasteiger partial charge in [-0.25, -0.2) is 10.0 Å². The number of hydrogen-bond donors (Lipinski definition) is 1. The topological polar surface area (TPSA) is 107 Å². The van der Waals surface area contributed by atoms with Crippen LogP contribution in [0.25, 0.3) is 0 Å². The molecule has 0 radical (unpaired) electrons. The Kier molecular flexibility index (Phi) is 2.77. The molecule has 0 saturated heterocycles. The Morgan fingerprint density at radius 2 is 2.36 bits per heavy atom. The normalized spacial score (nSPS) is 9.86. The Morgan fingerprint density at radius 3 is 2.79 bits per heavy atom. The third kappa shape index (κ3) is 1.85. The number of nitrogens with zero attached hydrogens (tertiary/aromatic N) is 4. The Labute approximate surface area is 79.4 Å². The molecule has 0 saturated carbocycles. The average molecular weight is 199 g/mol. The van der Waals surface area contributed by atoms with E-state index in [0.717, 1.165) is 6.20 Å². The van der Waals surface area contributed by atoms with Crippen molar-refractivity contribution in [2.75, 3.05) is 25.0 Å². The molecule has 8 nitrogen and oxygen atoms in total. The van der Waals surface area contributed by atoms with Crippen LogP contribution in [0, 0.1) is 10.1 Å². The molecule has 0 fully saturated rings. The Morgan fingerprint density at radius 1 is 1.71 bits per heavy atom. The highest BCUT2D eigenvalue weighted by atomic mass is 16.7. The largest absolute Gasteiger partial charge is 0.378 e. The van der Waals surface area contributed by atoms with Crippen LogP contribution >= 0.6 is 0 Å². The lowest BCUT2D eigenvalue weighted by atomic mass is 10.5. The van der Waals surface area contributed by atoms with Crippen LogP contribution in [-0.2, 0) is 4.84 Å². The summed E-state index contributed by atoms with van der Waals surface area (Å²) in [5.74, 6) is -0.0282. The van der Waals surface area contributed by atoms with Gasteiger partial charge in [0.05, 0.1) is 12.0 Å². The van der Waals surface area contributed by atoms with E-state index >= 15 is 0 Å². The van der Waals surface area contributed by atoms with Crippen LogP contribution in [0.1, 0.15) is 0 Å². The van der Waals surface area contributed by atoms with E-state index < -0.39 is 4.92 Å². The van der Waals surface area contributed by atoms with E-state index in [1.165, 1.54) is 12.2 Å². The summed E-state index contributed by atoms with van der Waals surface area (Å²) in [7, 11) is 2.97. The first-order valence-electron chi connectivity index (χ1n) is 3.61. The second-order valence-electron chi connectivity index (χ2n) is 2.38. The second-order valence-corrected chi connectivity index (χ2v) is 2.38. The van der Waals surface area contributed by atoms with Gasteiger partial charge in [0.1, 0.15) is 6.20 Å². The van der Waals surface area contributed by atoms with Gasteiger partial charge < -0.3 is 5.73 Å². The van der Waals surface area contributed by atoms with Crippen LogP contribution < -0.4 is 10.8 Å². The maximum Gasteiger partial charge on any atom is 0.329 e. The van der Waals surface area contributed by atoms with E-state index in [4.69, 9.17) is 10.6 Å². The summed E-state index contributed by atoms with van der Waals surface area (Å²) >= 11 is 0. The fraction of sp³-hybridized carbons (Fsp3) is 0.333. The number of nitrogens with two attached hydrogens (primary N) is 1. The molecular formula is C6H9N5O3. The SMILES string of the molecule is CON(C)c1ncc([N+](=O)[O-])c(N)n1. The van der Waals surface area contributed by atoms with Crippen molar-refractivity contribution >= 4 is 17.5 Å². The number of hydroxylamine groups is 1. The molecule has 1 heterocycles. The van der Waals surface area contributed by atoms with Crippen molar-refractivity contribution in [1.82, 2.24) is 9.97 Å². The highest BCUT2D eigenvalue weighted by Crippen LogP contribution is 2.19. The highest BCUT2D eigenvalue weighted by molar-refractivity contribution is 5.53. The third-order valence-corrected chi connectivity index (χ3v) is 1.54. The predicted molar refractivity (Wildman–Crippen MR) is 48.5 cm³/mol. The lowest BCUT2D eigenvalue weighted by Crippen LogP contribution is -2.18. The van der Waals surface area contributed by atoms with Crippen LogP contribution in [0.3, 0.4) is 0 Å². The van der Waals surface area contributed by atoms with Gasteiger partial charge >= 0.3 is 5.69 Å². The lowest BCUT2D eigenvalue weighted by Gasteiger charge is -2.12. The molecule has 14 heavy (non-hydrogen) atoms. The molecule has 2 N–H and O–H groups in total. The van der Waals surface area contributed by atoms with E-state index in [9.17, 15) is 10.1 Å². The fourth-order valence-electron chi connectivity index (χ4n) is 0.753. The van der Waals surface area contributed by atoms with E-state index in [-0.39, 0.29) is 17.5 Å². The van der Waals surface area contributed by atoms with Gasteiger partial charge in [-0.2, -0.15) is 4.98 Å². The molecule has 0 unspecified atom stereocenters. The number of nitrogen functional groups attached to an aromatic ring is 1. The van der Waals surface area contributed by atoms with Crippen molar-refractivity contribution in [2.45, 2.75) is 0 Å². The molecule has 0 spiro atoms. The van der Waals surface area contributed by atoms with Gasteiger partial charge in [0, 0.05) is 7.05 Å². The average Bonchev–Trinajstić information content (AvgIpc) is 2.15. The summed E-state index contributed by atoms with van der Waals surface area (Å²) in [4.78, 5) is 21.9. The number of hydrogen-bond acceptors (Lipinski definition) is 7. The summed E-state index contributed by atoms with van der Waals surface area (Å²) in [6, 6.07) is 0. The van der Waals surface area contributed by atoms with Crippen LogP contribution in [0.15, 0.2) is 6.20 Å². The maximum atomic E-state index is 10.4. The standard InChI is InChI=1S/C6H9N5O3/c1-10(14-2)6-8-3-4(11(12)13)5(7)9-6/h3H,1-2H3,(H2,7,8,9). The number of rotatable bonds is 3. The summed E-state index contributed by atoms with van der Waals surface area (Å²) < 4.78 is 0. The summed E-state index contributed by atoms with van der Waals surface area (Å²) in [6.07, 6.45) is 1.03. The van der Waals surface area contributed by atoms with Crippen molar-refractivity contribution in [3.05, 3.63) is 16.3 Å². The third-order valence-electron chi connectivity index (χ3n) is 1.54. The first kappa shape index (κ1) is 10.1. The molecule has 0 aliphatic heterocycles. The number of aromatic nitrogens is 2. The molecule has 1 aromatic heterocycles. The van der Waals surface area contributed by atoms with Gasteiger partial charge in [-0.3, -0.25) is 15.0 Å². The zero-order valence-corrected chi connectivity index (χ0v) is 7.67. The smallest absolute Gasteiger partial charge is 0.329 e. The van der Waals surface area contributed by atoms with Crippen LogP contribution in [0.4, 0.5) is 17.5 Å². The molecular weight excluding hydrogens is 190 g/mol. The molecule has 1 rings (SSSR count). The fourth-order valence-corrected chi connectivity index (χ4v) is 0.753. The zero-order valence-electron chi connectivity index (χ0n) is 7.67. The molecule has 0 aliphatic carbocycles.